The lowest BCUT2D eigenvalue weighted by Crippen LogP contribution is -2.44. The van der Waals surface area contributed by atoms with E-state index in [0.29, 0.717) is 17.4 Å². The summed E-state index contributed by atoms with van der Waals surface area (Å²) >= 11 is 0. The summed E-state index contributed by atoms with van der Waals surface area (Å²) in [5.74, 6) is 0.218. The number of rotatable bonds is 4. The SMILES string of the molecule is COc1ccc(N(CN2C(=O)[C@@H]3CC[C@H](C)C[C@H]3C2=O)C(C)=O)cc1. The molecule has 2 fully saturated rings. The number of hydrogen-bond donors (Lipinski definition) is 0. The number of anilines is 1. The maximum absolute atomic E-state index is 12.7. The Labute approximate surface area is 147 Å². The van der Waals surface area contributed by atoms with Crippen LogP contribution in [0.1, 0.15) is 33.1 Å². The molecule has 3 amide bonds. The number of amides is 3. The average molecular weight is 344 g/mol. The fourth-order valence-corrected chi connectivity index (χ4v) is 3.86. The predicted molar refractivity (Wildman–Crippen MR) is 92.9 cm³/mol. The second kappa shape index (κ2) is 6.86. The molecule has 1 aromatic rings. The van der Waals surface area contributed by atoms with Gasteiger partial charge in [-0.2, -0.15) is 0 Å². The third-order valence-corrected chi connectivity index (χ3v) is 5.33. The fraction of sp³-hybridized carbons (Fsp3) is 0.526. The molecule has 1 saturated carbocycles. The van der Waals surface area contributed by atoms with E-state index in [4.69, 9.17) is 4.74 Å². The Kier molecular flexibility index (Phi) is 4.79. The van der Waals surface area contributed by atoms with Gasteiger partial charge in [-0.25, -0.2) is 0 Å². The molecule has 1 aliphatic carbocycles. The molecule has 0 spiro atoms. The Balaban J connectivity index is 1.81. The molecule has 0 bridgehead atoms. The van der Waals surface area contributed by atoms with Crippen LogP contribution in [0.2, 0.25) is 0 Å². The quantitative estimate of drug-likeness (QED) is 0.787. The number of likely N-dealkylation sites (tertiary alicyclic amines) is 1. The van der Waals surface area contributed by atoms with Gasteiger partial charge in [0.05, 0.1) is 18.9 Å². The second-order valence-electron chi connectivity index (χ2n) is 7.02. The van der Waals surface area contributed by atoms with Crippen LogP contribution in [0.3, 0.4) is 0 Å². The molecule has 3 rings (SSSR count). The van der Waals surface area contributed by atoms with Gasteiger partial charge in [0.15, 0.2) is 0 Å². The molecule has 0 N–H and O–H groups in total. The van der Waals surface area contributed by atoms with Gasteiger partial charge in [0.25, 0.3) is 0 Å². The summed E-state index contributed by atoms with van der Waals surface area (Å²) in [6.45, 7) is 3.53. The summed E-state index contributed by atoms with van der Waals surface area (Å²) in [6.07, 6.45) is 2.49. The van der Waals surface area contributed by atoms with Crippen molar-refractivity contribution < 1.29 is 19.1 Å². The van der Waals surface area contributed by atoms with E-state index in [-0.39, 0.29) is 36.2 Å². The largest absolute Gasteiger partial charge is 0.497 e. The molecular weight excluding hydrogens is 320 g/mol. The standard InChI is InChI=1S/C19H24N2O4/c1-12-4-9-16-17(10-12)19(24)21(18(16)23)11-20(13(2)22)14-5-7-15(25-3)8-6-14/h5-8,12,16-17H,4,9-11H2,1-3H3/t12-,16+,17+/m0/s1. The molecule has 25 heavy (non-hydrogen) atoms. The van der Waals surface area contributed by atoms with Crippen LogP contribution in [0.5, 0.6) is 5.75 Å². The lowest BCUT2D eigenvalue weighted by atomic mass is 9.76. The minimum atomic E-state index is -0.221. The molecule has 2 aliphatic rings. The van der Waals surface area contributed by atoms with E-state index in [1.165, 1.54) is 16.7 Å². The first-order valence-corrected chi connectivity index (χ1v) is 8.69. The topological polar surface area (TPSA) is 66.9 Å². The van der Waals surface area contributed by atoms with Gasteiger partial charge in [0.1, 0.15) is 12.4 Å². The maximum Gasteiger partial charge on any atom is 0.234 e. The second-order valence-corrected chi connectivity index (χ2v) is 7.02. The zero-order valence-electron chi connectivity index (χ0n) is 14.9. The van der Waals surface area contributed by atoms with Crippen molar-refractivity contribution in [3.8, 4) is 5.75 Å². The smallest absolute Gasteiger partial charge is 0.234 e. The molecule has 0 radical (unpaired) electrons. The van der Waals surface area contributed by atoms with E-state index in [1.807, 2.05) is 0 Å². The zero-order chi connectivity index (χ0) is 18.1. The number of hydrogen-bond acceptors (Lipinski definition) is 4. The first-order valence-electron chi connectivity index (χ1n) is 8.69. The highest BCUT2D eigenvalue weighted by Crippen LogP contribution is 2.40. The summed E-state index contributed by atoms with van der Waals surface area (Å²) in [4.78, 5) is 40.3. The average Bonchev–Trinajstić information content (AvgIpc) is 2.83. The van der Waals surface area contributed by atoms with E-state index in [0.717, 1.165) is 19.3 Å². The van der Waals surface area contributed by atoms with E-state index < -0.39 is 0 Å². The summed E-state index contributed by atoms with van der Waals surface area (Å²) in [6, 6.07) is 7.00. The molecule has 1 aliphatic heterocycles. The fourth-order valence-electron chi connectivity index (χ4n) is 3.86. The van der Waals surface area contributed by atoms with Crippen LogP contribution in [0, 0.1) is 17.8 Å². The van der Waals surface area contributed by atoms with E-state index in [9.17, 15) is 14.4 Å². The van der Waals surface area contributed by atoms with Gasteiger partial charge in [-0.3, -0.25) is 24.2 Å². The van der Waals surface area contributed by atoms with Crippen LogP contribution < -0.4 is 9.64 Å². The molecule has 0 unspecified atom stereocenters. The molecular formula is C19H24N2O4. The Morgan fingerprint density at radius 1 is 1.16 bits per heavy atom. The summed E-state index contributed by atoms with van der Waals surface area (Å²) in [7, 11) is 1.57. The monoisotopic (exact) mass is 344 g/mol. The van der Waals surface area contributed by atoms with Crippen molar-refractivity contribution in [1.82, 2.24) is 4.90 Å². The lowest BCUT2D eigenvalue weighted by Gasteiger charge is -2.26. The van der Waals surface area contributed by atoms with Gasteiger partial charge in [0.2, 0.25) is 17.7 Å². The molecule has 1 heterocycles. The third kappa shape index (κ3) is 3.25. The minimum Gasteiger partial charge on any atom is -0.497 e. The minimum absolute atomic E-state index is 0.0271. The van der Waals surface area contributed by atoms with Crippen LogP contribution in [-0.4, -0.2) is 36.4 Å². The van der Waals surface area contributed by atoms with Crippen molar-refractivity contribution in [2.24, 2.45) is 17.8 Å². The van der Waals surface area contributed by atoms with E-state index in [1.54, 1.807) is 31.4 Å². The van der Waals surface area contributed by atoms with Crippen molar-refractivity contribution >= 4 is 23.4 Å². The molecule has 6 nitrogen and oxygen atoms in total. The van der Waals surface area contributed by atoms with Gasteiger partial charge in [-0.15, -0.1) is 0 Å². The summed E-state index contributed by atoms with van der Waals surface area (Å²) in [5, 5.41) is 0. The number of fused-ring (bicyclic) bond motifs is 1. The number of carbonyl (C=O) groups is 3. The highest BCUT2D eigenvalue weighted by molar-refractivity contribution is 6.06. The molecule has 0 aromatic heterocycles. The highest BCUT2D eigenvalue weighted by Gasteiger charge is 2.49. The summed E-state index contributed by atoms with van der Waals surface area (Å²) in [5.41, 5.74) is 0.636. The highest BCUT2D eigenvalue weighted by atomic mass is 16.5. The number of ether oxygens (including phenoxy) is 1. The normalized spacial score (nSPS) is 25.7. The zero-order valence-corrected chi connectivity index (χ0v) is 14.9. The summed E-state index contributed by atoms with van der Waals surface area (Å²) < 4.78 is 5.13. The van der Waals surface area contributed by atoms with Crippen molar-refractivity contribution in [2.45, 2.75) is 33.1 Å². The number of carbonyl (C=O) groups excluding carboxylic acids is 3. The van der Waals surface area contributed by atoms with Crippen LogP contribution in [0.25, 0.3) is 0 Å². The van der Waals surface area contributed by atoms with Crippen LogP contribution in [0.15, 0.2) is 24.3 Å². The lowest BCUT2D eigenvalue weighted by molar-refractivity contribution is -0.140. The predicted octanol–water partition coefficient (Wildman–Crippen LogP) is 2.43. The van der Waals surface area contributed by atoms with Gasteiger partial charge in [-0.1, -0.05) is 6.92 Å². The number of methoxy groups -OCH3 is 1. The maximum atomic E-state index is 12.7. The Hall–Kier alpha value is -2.37. The van der Waals surface area contributed by atoms with E-state index >= 15 is 0 Å². The molecule has 6 heteroatoms. The van der Waals surface area contributed by atoms with Gasteiger partial charge in [-0.05, 0) is 49.4 Å². The Morgan fingerprint density at radius 2 is 1.80 bits per heavy atom. The first kappa shape index (κ1) is 17.5. The van der Waals surface area contributed by atoms with Gasteiger partial charge >= 0.3 is 0 Å². The van der Waals surface area contributed by atoms with Crippen molar-refractivity contribution in [1.29, 1.82) is 0 Å². The first-order chi connectivity index (χ1) is 11.9. The molecule has 1 aromatic carbocycles. The van der Waals surface area contributed by atoms with Crippen LogP contribution in [-0.2, 0) is 14.4 Å². The molecule has 134 valence electrons. The van der Waals surface area contributed by atoms with Gasteiger partial charge in [0, 0.05) is 12.6 Å². The number of imide groups is 1. The molecule has 1 saturated heterocycles. The number of benzene rings is 1. The Bertz CT molecular complexity index is 685. The molecule has 3 atom stereocenters. The number of nitrogens with zero attached hydrogens (tertiary/aromatic N) is 2. The van der Waals surface area contributed by atoms with E-state index in [2.05, 4.69) is 6.92 Å². The van der Waals surface area contributed by atoms with Crippen molar-refractivity contribution in [2.75, 3.05) is 18.7 Å². The van der Waals surface area contributed by atoms with Crippen molar-refractivity contribution in [3.05, 3.63) is 24.3 Å². The van der Waals surface area contributed by atoms with Crippen LogP contribution >= 0.6 is 0 Å². The third-order valence-electron chi connectivity index (χ3n) is 5.33. The van der Waals surface area contributed by atoms with Crippen molar-refractivity contribution in [3.63, 3.8) is 0 Å². The van der Waals surface area contributed by atoms with Gasteiger partial charge < -0.3 is 4.74 Å². The van der Waals surface area contributed by atoms with Crippen LogP contribution in [0.4, 0.5) is 5.69 Å². The Morgan fingerprint density at radius 3 is 2.40 bits per heavy atom.